The van der Waals surface area contributed by atoms with E-state index in [-0.39, 0.29) is 0 Å². The van der Waals surface area contributed by atoms with Gasteiger partial charge in [0.15, 0.2) is 0 Å². The molecule has 0 atom stereocenters. The Labute approximate surface area is 251 Å². The van der Waals surface area contributed by atoms with Gasteiger partial charge in [-0.05, 0) is 91.0 Å². The number of hydrogen-bond acceptors (Lipinski definition) is 1. The number of rotatable bonds is 5. The average Bonchev–Trinajstić information content (AvgIpc) is 3.09. The standard InChI is InChI=1S/C42H29N/c1-3-11-30(12-4-1)38-16-9-10-17-39(38)32-23-26-36(27-24-32)43(35-14-5-2-6-15-35)37-28-25-33-20-22-34-21-19-31-13-7-8-18-40(31)42(34)41(33)29-37/h1-29H. The molecule has 1 nitrogen and oxygen atoms in total. The van der Waals surface area contributed by atoms with Crippen molar-refractivity contribution in [2.45, 2.75) is 0 Å². The predicted octanol–water partition coefficient (Wildman–Crippen LogP) is 11.9. The van der Waals surface area contributed by atoms with E-state index in [2.05, 4.69) is 181 Å². The summed E-state index contributed by atoms with van der Waals surface area (Å²) in [5.41, 5.74) is 8.29. The van der Waals surface area contributed by atoms with Crippen LogP contribution in [0.2, 0.25) is 0 Å². The topological polar surface area (TPSA) is 3.24 Å². The maximum absolute atomic E-state index is 2.36. The van der Waals surface area contributed by atoms with Gasteiger partial charge in [-0.15, -0.1) is 0 Å². The summed E-state index contributed by atoms with van der Waals surface area (Å²) in [6.07, 6.45) is 0. The lowest BCUT2D eigenvalue weighted by Crippen LogP contribution is -2.09. The van der Waals surface area contributed by atoms with Crippen molar-refractivity contribution in [2.24, 2.45) is 0 Å². The van der Waals surface area contributed by atoms with E-state index in [9.17, 15) is 0 Å². The molecule has 0 aliphatic rings. The maximum Gasteiger partial charge on any atom is 0.0468 e. The molecular formula is C42H29N. The van der Waals surface area contributed by atoms with E-state index in [1.54, 1.807) is 0 Å². The summed E-state index contributed by atoms with van der Waals surface area (Å²) in [6, 6.07) is 63.4. The Hall–Kier alpha value is -5.66. The molecule has 0 aromatic heterocycles. The molecule has 0 aliphatic heterocycles. The van der Waals surface area contributed by atoms with Crippen LogP contribution in [0.4, 0.5) is 17.1 Å². The molecule has 0 aliphatic carbocycles. The molecular weight excluding hydrogens is 518 g/mol. The highest BCUT2D eigenvalue weighted by molar-refractivity contribution is 6.20. The first-order chi connectivity index (χ1) is 21.3. The van der Waals surface area contributed by atoms with E-state index in [4.69, 9.17) is 0 Å². The minimum Gasteiger partial charge on any atom is -0.310 e. The Kier molecular flexibility index (Phi) is 6.20. The molecule has 0 heterocycles. The molecule has 43 heavy (non-hydrogen) atoms. The van der Waals surface area contributed by atoms with Gasteiger partial charge in [0, 0.05) is 17.1 Å². The minimum atomic E-state index is 1.12. The van der Waals surface area contributed by atoms with Crippen LogP contribution in [0.1, 0.15) is 0 Å². The van der Waals surface area contributed by atoms with Crippen molar-refractivity contribution >= 4 is 49.4 Å². The van der Waals surface area contributed by atoms with Crippen LogP contribution in [0.5, 0.6) is 0 Å². The van der Waals surface area contributed by atoms with E-state index < -0.39 is 0 Å². The van der Waals surface area contributed by atoms with Gasteiger partial charge >= 0.3 is 0 Å². The highest BCUT2D eigenvalue weighted by Crippen LogP contribution is 2.40. The Bertz CT molecular complexity index is 2210. The fraction of sp³-hybridized carbons (Fsp3) is 0. The van der Waals surface area contributed by atoms with Gasteiger partial charge in [-0.25, -0.2) is 0 Å². The lowest BCUT2D eigenvalue weighted by Gasteiger charge is -2.26. The lowest BCUT2D eigenvalue weighted by molar-refractivity contribution is 1.29. The fourth-order valence-electron chi connectivity index (χ4n) is 6.37. The number of para-hydroxylation sites is 1. The molecule has 8 aromatic rings. The van der Waals surface area contributed by atoms with Gasteiger partial charge in [0.1, 0.15) is 0 Å². The van der Waals surface area contributed by atoms with E-state index in [1.165, 1.54) is 54.6 Å². The number of benzene rings is 8. The van der Waals surface area contributed by atoms with Crippen LogP contribution in [0.25, 0.3) is 54.6 Å². The zero-order valence-electron chi connectivity index (χ0n) is 23.7. The van der Waals surface area contributed by atoms with Gasteiger partial charge in [-0.2, -0.15) is 0 Å². The molecule has 0 saturated heterocycles. The van der Waals surface area contributed by atoms with E-state index in [0.717, 1.165) is 17.1 Å². The Morgan fingerprint density at radius 3 is 1.51 bits per heavy atom. The van der Waals surface area contributed by atoms with Gasteiger partial charge in [0.2, 0.25) is 0 Å². The van der Waals surface area contributed by atoms with Crippen molar-refractivity contribution in [3.63, 3.8) is 0 Å². The predicted molar refractivity (Wildman–Crippen MR) is 185 cm³/mol. The number of anilines is 3. The second kappa shape index (κ2) is 10.6. The Morgan fingerprint density at radius 2 is 0.791 bits per heavy atom. The molecule has 0 bridgehead atoms. The van der Waals surface area contributed by atoms with E-state index in [0.29, 0.717) is 0 Å². The summed E-state index contributed by atoms with van der Waals surface area (Å²) in [6.45, 7) is 0. The molecule has 0 spiro atoms. The van der Waals surface area contributed by atoms with Crippen LogP contribution in [-0.2, 0) is 0 Å². The molecule has 202 valence electrons. The van der Waals surface area contributed by atoms with Crippen LogP contribution in [0.15, 0.2) is 176 Å². The van der Waals surface area contributed by atoms with Crippen LogP contribution < -0.4 is 4.90 Å². The summed E-state index contributed by atoms with van der Waals surface area (Å²) in [5, 5.41) is 7.62. The second-order valence-electron chi connectivity index (χ2n) is 11.0. The third kappa shape index (κ3) is 4.52. The molecule has 0 fully saturated rings. The average molecular weight is 548 g/mol. The third-order valence-corrected chi connectivity index (χ3v) is 8.43. The third-order valence-electron chi connectivity index (χ3n) is 8.43. The fourth-order valence-corrected chi connectivity index (χ4v) is 6.37. The maximum atomic E-state index is 2.36. The van der Waals surface area contributed by atoms with Crippen LogP contribution in [-0.4, -0.2) is 0 Å². The summed E-state index contributed by atoms with van der Waals surface area (Å²) in [4.78, 5) is 2.36. The normalized spacial score (nSPS) is 11.3. The molecule has 0 amide bonds. The zero-order valence-corrected chi connectivity index (χ0v) is 23.7. The smallest absolute Gasteiger partial charge is 0.0468 e. The van der Waals surface area contributed by atoms with Gasteiger partial charge < -0.3 is 4.90 Å². The Morgan fingerprint density at radius 1 is 0.302 bits per heavy atom. The zero-order chi connectivity index (χ0) is 28.6. The monoisotopic (exact) mass is 547 g/mol. The van der Waals surface area contributed by atoms with Crippen LogP contribution >= 0.6 is 0 Å². The summed E-state index contributed by atoms with van der Waals surface area (Å²) in [5.74, 6) is 0. The molecule has 0 saturated carbocycles. The van der Waals surface area contributed by atoms with Crippen molar-refractivity contribution in [1.29, 1.82) is 0 Å². The number of hydrogen-bond donors (Lipinski definition) is 0. The lowest BCUT2D eigenvalue weighted by atomic mass is 9.94. The molecule has 8 aromatic carbocycles. The van der Waals surface area contributed by atoms with Crippen molar-refractivity contribution < 1.29 is 0 Å². The molecule has 0 N–H and O–H groups in total. The molecule has 1 heteroatoms. The second-order valence-corrected chi connectivity index (χ2v) is 11.0. The molecule has 8 rings (SSSR count). The van der Waals surface area contributed by atoms with Crippen molar-refractivity contribution in [3.8, 4) is 22.3 Å². The summed E-state index contributed by atoms with van der Waals surface area (Å²) < 4.78 is 0. The number of nitrogens with zero attached hydrogens (tertiary/aromatic N) is 1. The van der Waals surface area contributed by atoms with Gasteiger partial charge in [0.25, 0.3) is 0 Å². The van der Waals surface area contributed by atoms with Crippen molar-refractivity contribution in [3.05, 3.63) is 176 Å². The van der Waals surface area contributed by atoms with E-state index >= 15 is 0 Å². The largest absolute Gasteiger partial charge is 0.310 e. The van der Waals surface area contributed by atoms with Crippen molar-refractivity contribution in [1.82, 2.24) is 0 Å². The quantitative estimate of drug-likeness (QED) is 0.194. The van der Waals surface area contributed by atoms with Crippen molar-refractivity contribution in [2.75, 3.05) is 4.90 Å². The van der Waals surface area contributed by atoms with E-state index in [1.807, 2.05) is 0 Å². The molecule has 0 unspecified atom stereocenters. The van der Waals surface area contributed by atoms with Gasteiger partial charge in [-0.1, -0.05) is 140 Å². The summed E-state index contributed by atoms with van der Waals surface area (Å²) in [7, 11) is 0. The first-order valence-corrected chi connectivity index (χ1v) is 14.8. The minimum absolute atomic E-state index is 1.12. The summed E-state index contributed by atoms with van der Waals surface area (Å²) >= 11 is 0. The van der Waals surface area contributed by atoms with Crippen LogP contribution in [0.3, 0.4) is 0 Å². The SMILES string of the molecule is c1ccc(-c2ccccc2-c2ccc(N(c3ccccc3)c3ccc4ccc5ccc6ccccc6c5c4c3)cc2)cc1. The van der Waals surface area contributed by atoms with Gasteiger partial charge in [-0.3, -0.25) is 0 Å². The number of fused-ring (bicyclic) bond motifs is 5. The highest BCUT2D eigenvalue weighted by Gasteiger charge is 2.15. The van der Waals surface area contributed by atoms with Crippen LogP contribution in [0, 0.1) is 0 Å². The van der Waals surface area contributed by atoms with Gasteiger partial charge in [0.05, 0.1) is 0 Å². The Balaban J connectivity index is 1.28. The molecule has 0 radical (unpaired) electrons. The first kappa shape index (κ1) is 25.1. The highest BCUT2D eigenvalue weighted by atomic mass is 15.1. The first-order valence-electron chi connectivity index (χ1n) is 14.8.